The van der Waals surface area contributed by atoms with Crippen LogP contribution in [0.2, 0.25) is 0 Å². The van der Waals surface area contributed by atoms with Crippen LogP contribution in [0.5, 0.6) is 0 Å². The van der Waals surface area contributed by atoms with Crippen molar-refractivity contribution in [3.05, 3.63) is 57.3 Å². The van der Waals surface area contributed by atoms with Gasteiger partial charge in [-0.1, -0.05) is 24.0 Å². The molecule has 0 fully saturated rings. The second-order valence-electron chi connectivity index (χ2n) is 4.62. The zero-order valence-corrected chi connectivity index (χ0v) is 12.7. The lowest BCUT2D eigenvalue weighted by Crippen LogP contribution is -2.22. The number of nitrogens with one attached hydrogen (secondary N) is 1. The molecule has 2 aromatic rings. The molecule has 0 aliphatic heterocycles. The van der Waals surface area contributed by atoms with Crippen LogP contribution in [0.25, 0.3) is 0 Å². The Morgan fingerprint density at radius 1 is 1.29 bits per heavy atom. The van der Waals surface area contributed by atoms with E-state index in [2.05, 4.69) is 17.2 Å². The molecule has 0 aliphatic rings. The molecule has 1 aromatic heterocycles. The number of carbonyl (C=O) groups excluding carboxylic acids is 1. The second kappa shape index (κ2) is 7.63. The first-order valence-corrected chi connectivity index (χ1v) is 7.64. The summed E-state index contributed by atoms with van der Waals surface area (Å²) in [6, 6.07) is 7.73. The normalized spacial score (nSPS) is 9.81. The van der Waals surface area contributed by atoms with E-state index >= 15 is 0 Å². The van der Waals surface area contributed by atoms with Gasteiger partial charge in [-0.05, 0) is 35.6 Å². The Bertz CT molecular complexity index is 662. The van der Waals surface area contributed by atoms with Crippen molar-refractivity contribution in [2.75, 3.05) is 6.61 Å². The number of aryl methyl sites for hydroxylation is 1. The van der Waals surface area contributed by atoms with Crippen LogP contribution in [0.3, 0.4) is 0 Å². The van der Waals surface area contributed by atoms with Crippen molar-refractivity contribution < 1.29 is 9.90 Å². The number of aliphatic hydroxyl groups excluding tert-OH is 1. The highest BCUT2D eigenvalue weighted by Gasteiger charge is 2.08. The second-order valence-corrected chi connectivity index (χ2v) is 5.37. The van der Waals surface area contributed by atoms with E-state index in [1.54, 1.807) is 0 Å². The molecule has 0 saturated carbocycles. The summed E-state index contributed by atoms with van der Waals surface area (Å²) in [6.45, 7) is 2.52. The maximum absolute atomic E-state index is 12.0. The Hall–Kier alpha value is -2.09. The number of hydrogen-bond acceptors (Lipinski definition) is 3. The Kier molecular flexibility index (Phi) is 5.56. The number of thiophene rings is 1. The van der Waals surface area contributed by atoms with Crippen LogP contribution in [0, 0.1) is 18.8 Å². The van der Waals surface area contributed by atoms with Crippen molar-refractivity contribution >= 4 is 17.2 Å². The predicted molar refractivity (Wildman–Crippen MR) is 85.2 cm³/mol. The van der Waals surface area contributed by atoms with Gasteiger partial charge in [-0.15, -0.1) is 0 Å². The van der Waals surface area contributed by atoms with Crippen molar-refractivity contribution in [1.29, 1.82) is 0 Å². The van der Waals surface area contributed by atoms with Crippen LogP contribution in [0.1, 0.15) is 33.5 Å². The van der Waals surface area contributed by atoms with Crippen molar-refractivity contribution in [1.82, 2.24) is 5.32 Å². The smallest absolute Gasteiger partial charge is 0.252 e. The molecule has 108 valence electrons. The van der Waals surface area contributed by atoms with Gasteiger partial charge in [0.15, 0.2) is 0 Å². The largest absolute Gasteiger partial charge is 0.395 e. The van der Waals surface area contributed by atoms with Gasteiger partial charge in [0, 0.05) is 23.9 Å². The summed E-state index contributed by atoms with van der Waals surface area (Å²) >= 11 is 1.53. The molecule has 0 saturated heterocycles. The number of hydrogen-bond donors (Lipinski definition) is 2. The lowest BCUT2D eigenvalue weighted by atomic mass is 10.1. The predicted octanol–water partition coefficient (Wildman–Crippen LogP) is 2.72. The van der Waals surface area contributed by atoms with E-state index in [1.807, 2.05) is 41.9 Å². The minimum absolute atomic E-state index is 0.0411. The molecule has 21 heavy (non-hydrogen) atoms. The summed E-state index contributed by atoms with van der Waals surface area (Å²) in [6.07, 6.45) is 0.484. The Labute approximate surface area is 128 Å². The van der Waals surface area contributed by atoms with Gasteiger partial charge in [-0.25, -0.2) is 0 Å². The summed E-state index contributed by atoms with van der Waals surface area (Å²) in [4.78, 5) is 12.0. The first-order chi connectivity index (χ1) is 10.2. The van der Waals surface area contributed by atoms with Gasteiger partial charge in [0.1, 0.15) is 0 Å². The van der Waals surface area contributed by atoms with Gasteiger partial charge in [-0.2, -0.15) is 11.3 Å². The third-order valence-corrected chi connectivity index (χ3v) is 3.84. The maximum Gasteiger partial charge on any atom is 0.252 e. The van der Waals surface area contributed by atoms with Crippen LogP contribution in [0.4, 0.5) is 0 Å². The van der Waals surface area contributed by atoms with Crippen LogP contribution in [0.15, 0.2) is 35.0 Å². The van der Waals surface area contributed by atoms with E-state index in [0.29, 0.717) is 13.0 Å². The Balaban J connectivity index is 1.91. The summed E-state index contributed by atoms with van der Waals surface area (Å²) in [5, 5.41) is 15.4. The van der Waals surface area contributed by atoms with Crippen molar-refractivity contribution in [2.45, 2.75) is 19.9 Å². The molecule has 2 N–H and O–H groups in total. The molecule has 0 radical (unpaired) electrons. The van der Waals surface area contributed by atoms with E-state index in [0.717, 1.165) is 22.3 Å². The highest BCUT2D eigenvalue weighted by atomic mass is 32.1. The Morgan fingerprint density at radius 3 is 2.67 bits per heavy atom. The SMILES string of the molecule is Cc1cscc1C(=O)NCc1ccc(C#CCCO)cc1. The molecule has 0 bridgehead atoms. The topological polar surface area (TPSA) is 49.3 Å². The fourth-order valence-corrected chi connectivity index (χ4v) is 2.63. The average molecular weight is 299 g/mol. The summed E-state index contributed by atoms with van der Waals surface area (Å²) < 4.78 is 0. The van der Waals surface area contributed by atoms with E-state index in [-0.39, 0.29) is 12.5 Å². The van der Waals surface area contributed by atoms with Crippen molar-refractivity contribution in [2.24, 2.45) is 0 Å². The van der Waals surface area contributed by atoms with Gasteiger partial charge in [0.05, 0.1) is 12.2 Å². The molecule has 4 heteroatoms. The van der Waals surface area contributed by atoms with Crippen LogP contribution in [-0.4, -0.2) is 17.6 Å². The lowest BCUT2D eigenvalue weighted by molar-refractivity contribution is 0.0951. The van der Waals surface area contributed by atoms with Crippen LogP contribution >= 0.6 is 11.3 Å². The average Bonchev–Trinajstić information content (AvgIpc) is 2.92. The number of carbonyl (C=O) groups is 1. The highest BCUT2D eigenvalue weighted by Crippen LogP contribution is 2.13. The first-order valence-electron chi connectivity index (χ1n) is 6.70. The third-order valence-electron chi connectivity index (χ3n) is 2.98. The molecule has 0 atom stereocenters. The monoisotopic (exact) mass is 299 g/mol. The van der Waals surface area contributed by atoms with Gasteiger partial charge in [-0.3, -0.25) is 4.79 Å². The number of rotatable bonds is 4. The molecule has 0 unspecified atom stereocenters. The maximum atomic E-state index is 12.0. The summed E-state index contributed by atoms with van der Waals surface area (Å²) in [5.41, 5.74) is 3.69. The third kappa shape index (κ3) is 4.45. The fraction of sp³-hybridized carbons (Fsp3) is 0.235. The number of aliphatic hydroxyl groups is 1. The molecule has 1 amide bonds. The molecule has 2 rings (SSSR count). The molecule has 1 heterocycles. The summed E-state index contributed by atoms with van der Waals surface area (Å²) in [7, 11) is 0. The quantitative estimate of drug-likeness (QED) is 0.853. The van der Waals surface area contributed by atoms with E-state index in [1.165, 1.54) is 11.3 Å². The number of benzene rings is 1. The van der Waals surface area contributed by atoms with E-state index in [9.17, 15) is 4.79 Å². The van der Waals surface area contributed by atoms with E-state index in [4.69, 9.17) is 5.11 Å². The molecular formula is C17H17NO2S. The zero-order valence-electron chi connectivity index (χ0n) is 11.8. The minimum Gasteiger partial charge on any atom is -0.395 e. The Morgan fingerprint density at radius 2 is 2.05 bits per heavy atom. The van der Waals surface area contributed by atoms with Crippen molar-refractivity contribution in [3.63, 3.8) is 0 Å². The molecule has 0 spiro atoms. The highest BCUT2D eigenvalue weighted by molar-refractivity contribution is 7.08. The lowest BCUT2D eigenvalue weighted by Gasteiger charge is -2.05. The van der Waals surface area contributed by atoms with Gasteiger partial charge in [0.25, 0.3) is 5.91 Å². The standard InChI is InChI=1S/C17H17NO2S/c1-13-11-21-12-16(13)17(20)18-10-15-7-5-14(6-8-15)4-2-3-9-19/h5-8,11-12,19H,3,9-10H2,1H3,(H,18,20). The van der Waals surface area contributed by atoms with Crippen LogP contribution < -0.4 is 5.32 Å². The zero-order chi connectivity index (χ0) is 15.1. The fourth-order valence-electron chi connectivity index (χ4n) is 1.80. The summed E-state index contributed by atoms with van der Waals surface area (Å²) in [5.74, 6) is 5.81. The molecule has 3 nitrogen and oxygen atoms in total. The first kappa shape index (κ1) is 15.3. The van der Waals surface area contributed by atoms with Crippen molar-refractivity contribution in [3.8, 4) is 11.8 Å². The van der Waals surface area contributed by atoms with E-state index < -0.39 is 0 Å². The van der Waals surface area contributed by atoms with Gasteiger partial charge >= 0.3 is 0 Å². The number of amides is 1. The van der Waals surface area contributed by atoms with Gasteiger partial charge < -0.3 is 10.4 Å². The van der Waals surface area contributed by atoms with Gasteiger partial charge in [0.2, 0.25) is 0 Å². The minimum atomic E-state index is -0.0411. The molecular weight excluding hydrogens is 282 g/mol. The van der Waals surface area contributed by atoms with Crippen LogP contribution in [-0.2, 0) is 6.54 Å². The molecule has 0 aliphatic carbocycles. The molecule has 1 aromatic carbocycles.